The number of hydrogen-bond donors (Lipinski definition) is 1. The zero-order valence-corrected chi connectivity index (χ0v) is 8.84. The fourth-order valence-corrected chi connectivity index (χ4v) is 1.50. The number of nitrogens with zero attached hydrogens (tertiary/aromatic N) is 2. The Morgan fingerprint density at radius 1 is 1.57 bits per heavy atom. The fraction of sp³-hybridized carbons (Fsp3) is 0.800. The first-order valence-electron chi connectivity index (χ1n) is 5.05. The van der Waals surface area contributed by atoms with Crippen LogP contribution in [-0.2, 0) is 4.79 Å². The van der Waals surface area contributed by atoms with Crippen LogP contribution in [0.4, 0.5) is 0 Å². The number of nitriles is 1. The molecule has 0 aliphatic carbocycles. The van der Waals surface area contributed by atoms with E-state index in [0.717, 1.165) is 26.2 Å². The first-order chi connectivity index (χ1) is 6.64. The summed E-state index contributed by atoms with van der Waals surface area (Å²) < 4.78 is 0. The van der Waals surface area contributed by atoms with Gasteiger partial charge in [0.1, 0.15) is 5.41 Å². The van der Waals surface area contributed by atoms with E-state index in [1.54, 1.807) is 11.8 Å². The van der Waals surface area contributed by atoms with E-state index < -0.39 is 5.41 Å². The Hall–Kier alpha value is -1.08. The molecule has 4 nitrogen and oxygen atoms in total. The van der Waals surface area contributed by atoms with Gasteiger partial charge in [0, 0.05) is 26.2 Å². The molecule has 78 valence electrons. The number of amides is 1. The standard InChI is InChI=1S/C10H17N3O/c1-3-10(2,8-11)9(14)13-6-4-12-5-7-13/h12H,3-7H2,1-2H3. The first kappa shape index (κ1) is 11.0. The third kappa shape index (κ3) is 2.05. The number of piperazine rings is 1. The van der Waals surface area contributed by atoms with Crippen molar-refractivity contribution < 1.29 is 4.79 Å². The average molecular weight is 195 g/mol. The second kappa shape index (κ2) is 4.43. The van der Waals surface area contributed by atoms with Gasteiger partial charge in [0.25, 0.3) is 0 Å². The molecule has 0 aromatic heterocycles. The molecule has 0 saturated carbocycles. The Morgan fingerprint density at radius 2 is 2.14 bits per heavy atom. The number of nitrogens with one attached hydrogen (secondary N) is 1. The zero-order valence-electron chi connectivity index (χ0n) is 8.84. The Bertz CT molecular complexity index is 253. The predicted octanol–water partition coefficient (Wildman–Crippen LogP) is 0.358. The maximum Gasteiger partial charge on any atom is 0.242 e. The van der Waals surface area contributed by atoms with Crippen molar-refractivity contribution in [2.45, 2.75) is 20.3 Å². The highest BCUT2D eigenvalue weighted by Gasteiger charge is 2.35. The van der Waals surface area contributed by atoms with Crippen LogP contribution in [-0.4, -0.2) is 37.0 Å². The number of rotatable bonds is 2. The minimum atomic E-state index is -0.836. The van der Waals surface area contributed by atoms with E-state index in [1.165, 1.54) is 0 Å². The molecule has 0 bridgehead atoms. The third-order valence-corrected chi connectivity index (χ3v) is 2.83. The lowest BCUT2D eigenvalue weighted by Gasteiger charge is -2.32. The van der Waals surface area contributed by atoms with Crippen molar-refractivity contribution in [1.29, 1.82) is 5.26 Å². The molecule has 1 aliphatic heterocycles. The molecule has 1 amide bonds. The summed E-state index contributed by atoms with van der Waals surface area (Å²) in [5, 5.41) is 12.2. The SMILES string of the molecule is CCC(C)(C#N)C(=O)N1CCNCC1. The van der Waals surface area contributed by atoms with Gasteiger partial charge in [-0.15, -0.1) is 0 Å². The molecule has 1 N–H and O–H groups in total. The van der Waals surface area contributed by atoms with Gasteiger partial charge in [-0.25, -0.2) is 0 Å². The highest BCUT2D eigenvalue weighted by Crippen LogP contribution is 2.23. The van der Waals surface area contributed by atoms with Gasteiger partial charge in [-0.2, -0.15) is 5.26 Å². The molecule has 1 atom stereocenters. The van der Waals surface area contributed by atoms with Crippen LogP contribution >= 0.6 is 0 Å². The van der Waals surface area contributed by atoms with Crippen LogP contribution in [0, 0.1) is 16.7 Å². The Labute approximate surface area is 84.9 Å². The maximum absolute atomic E-state index is 12.0. The normalized spacial score (nSPS) is 21.1. The second-order valence-electron chi connectivity index (χ2n) is 3.84. The van der Waals surface area contributed by atoms with Gasteiger partial charge in [-0.05, 0) is 13.3 Å². The molecule has 0 aromatic rings. The molecule has 14 heavy (non-hydrogen) atoms. The second-order valence-corrected chi connectivity index (χ2v) is 3.84. The van der Waals surface area contributed by atoms with E-state index >= 15 is 0 Å². The summed E-state index contributed by atoms with van der Waals surface area (Å²) in [4.78, 5) is 13.7. The number of hydrogen-bond acceptors (Lipinski definition) is 3. The highest BCUT2D eigenvalue weighted by molar-refractivity contribution is 5.85. The molecular weight excluding hydrogens is 178 g/mol. The van der Waals surface area contributed by atoms with Crippen LogP contribution in [0.3, 0.4) is 0 Å². The molecule has 1 rings (SSSR count). The van der Waals surface area contributed by atoms with Crippen molar-refractivity contribution in [3.8, 4) is 6.07 Å². The van der Waals surface area contributed by atoms with Gasteiger partial charge in [-0.3, -0.25) is 4.79 Å². The lowest BCUT2D eigenvalue weighted by atomic mass is 9.87. The van der Waals surface area contributed by atoms with E-state index in [1.807, 2.05) is 6.92 Å². The van der Waals surface area contributed by atoms with Gasteiger partial charge in [-0.1, -0.05) is 6.92 Å². The van der Waals surface area contributed by atoms with Crippen LogP contribution in [0.15, 0.2) is 0 Å². The minimum Gasteiger partial charge on any atom is -0.339 e. The molecule has 1 aliphatic rings. The smallest absolute Gasteiger partial charge is 0.242 e. The van der Waals surface area contributed by atoms with Gasteiger partial charge in [0.05, 0.1) is 6.07 Å². The van der Waals surface area contributed by atoms with Crippen molar-refractivity contribution in [1.82, 2.24) is 10.2 Å². The van der Waals surface area contributed by atoms with Crippen molar-refractivity contribution in [2.75, 3.05) is 26.2 Å². The third-order valence-electron chi connectivity index (χ3n) is 2.83. The summed E-state index contributed by atoms with van der Waals surface area (Å²) in [6.07, 6.45) is 0.576. The lowest BCUT2D eigenvalue weighted by Crippen LogP contribution is -2.50. The molecule has 1 fully saturated rings. The molecule has 1 heterocycles. The number of carbonyl (C=O) groups is 1. The van der Waals surface area contributed by atoms with Crippen molar-refractivity contribution in [3.05, 3.63) is 0 Å². The number of carbonyl (C=O) groups excluding carboxylic acids is 1. The van der Waals surface area contributed by atoms with E-state index in [2.05, 4.69) is 11.4 Å². The summed E-state index contributed by atoms with van der Waals surface area (Å²) in [6, 6.07) is 2.11. The molecule has 0 aromatic carbocycles. The van der Waals surface area contributed by atoms with Crippen molar-refractivity contribution in [2.24, 2.45) is 5.41 Å². The molecule has 0 spiro atoms. The van der Waals surface area contributed by atoms with Crippen LogP contribution in [0.1, 0.15) is 20.3 Å². The molecular formula is C10H17N3O. The first-order valence-corrected chi connectivity index (χ1v) is 5.05. The van der Waals surface area contributed by atoms with Crippen LogP contribution in [0.2, 0.25) is 0 Å². The fourth-order valence-electron chi connectivity index (χ4n) is 1.50. The largest absolute Gasteiger partial charge is 0.339 e. The van der Waals surface area contributed by atoms with Crippen LogP contribution in [0.5, 0.6) is 0 Å². The Kier molecular flexibility index (Phi) is 3.48. The van der Waals surface area contributed by atoms with Gasteiger partial charge in [0.2, 0.25) is 5.91 Å². The topological polar surface area (TPSA) is 56.1 Å². The van der Waals surface area contributed by atoms with E-state index in [9.17, 15) is 4.79 Å². The van der Waals surface area contributed by atoms with Crippen molar-refractivity contribution >= 4 is 5.91 Å². The lowest BCUT2D eigenvalue weighted by molar-refractivity contribution is -0.139. The average Bonchev–Trinajstić information content (AvgIpc) is 2.28. The summed E-state index contributed by atoms with van der Waals surface area (Å²) >= 11 is 0. The van der Waals surface area contributed by atoms with Crippen molar-refractivity contribution in [3.63, 3.8) is 0 Å². The minimum absolute atomic E-state index is 0.0241. The van der Waals surface area contributed by atoms with Crippen LogP contribution in [0.25, 0.3) is 0 Å². The molecule has 1 saturated heterocycles. The Morgan fingerprint density at radius 3 is 2.57 bits per heavy atom. The molecule has 4 heteroatoms. The summed E-state index contributed by atoms with van der Waals surface area (Å²) in [5.74, 6) is -0.0241. The zero-order chi connectivity index (χ0) is 10.6. The van der Waals surface area contributed by atoms with Gasteiger partial charge < -0.3 is 10.2 Å². The summed E-state index contributed by atoms with van der Waals surface area (Å²) in [5.41, 5.74) is -0.836. The van der Waals surface area contributed by atoms with E-state index in [4.69, 9.17) is 5.26 Å². The van der Waals surface area contributed by atoms with E-state index in [-0.39, 0.29) is 5.91 Å². The predicted molar refractivity (Wildman–Crippen MR) is 53.5 cm³/mol. The van der Waals surface area contributed by atoms with Crippen LogP contribution < -0.4 is 5.32 Å². The maximum atomic E-state index is 12.0. The van der Waals surface area contributed by atoms with E-state index in [0.29, 0.717) is 6.42 Å². The van der Waals surface area contributed by atoms with Gasteiger partial charge >= 0.3 is 0 Å². The summed E-state index contributed by atoms with van der Waals surface area (Å²) in [7, 11) is 0. The van der Waals surface area contributed by atoms with Gasteiger partial charge in [0.15, 0.2) is 0 Å². The highest BCUT2D eigenvalue weighted by atomic mass is 16.2. The molecule has 0 radical (unpaired) electrons. The monoisotopic (exact) mass is 195 g/mol. The Balaban J connectivity index is 2.67. The molecule has 1 unspecified atom stereocenters. The quantitative estimate of drug-likeness (QED) is 0.692. The summed E-state index contributed by atoms with van der Waals surface area (Å²) in [6.45, 7) is 6.70.